The van der Waals surface area contributed by atoms with E-state index in [0.29, 0.717) is 40.9 Å². The molecule has 2 N–H and O–H groups in total. The molecular formula is C25H25N3O8. The third-order valence-electron chi connectivity index (χ3n) is 4.62. The number of benzene rings is 2. The molecule has 0 radical (unpaired) electrons. The van der Waals surface area contributed by atoms with Gasteiger partial charge in [-0.3, -0.25) is 9.59 Å². The molecule has 1 aromatic heterocycles. The molecular weight excluding hydrogens is 470 g/mol. The monoisotopic (exact) mass is 495 g/mol. The molecule has 11 nitrogen and oxygen atoms in total. The number of ether oxygens (including phenoxy) is 4. The number of rotatable bonds is 10. The molecule has 188 valence electrons. The lowest BCUT2D eigenvalue weighted by atomic mass is 10.2. The van der Waals surface area contributed by atoms with E-state index < -0.39 is 17.8 Å². The first kappa shape index (κ1) is 25.8. The van der Waals surface area contributed by atoms with E-state index in [-0.39, 0.29) is 12.4 Å². The van der Waals surface area contributed by atoms with Gasteiger partial charge < -0.3 is 28.7 Å². The van der Waals surface area contributed by atoms with E-state index in [2.05, 4.69) is 20.6 Å². The highest BCUT2D eigenvalue weighted by molar-refractivity contribution is 6.39. The first-order chi connectivity index (χ1) is 17.4. The van der Waals surface area contributed by atoms with Crippen LogP contribution in [0.1, 0.15) is 28.8 Å². The second kappa shape index (κ2) is 12.6. The lowest BCUT2D eigenvalue weighted by Crippen LogP contribution is -2.32. The van der Waals surface area contributed by atoms with Gasteiger partial charge in [-0.05, 0) is 67.1 Å². The van der Waals surface area contributed by atoms with Crippen LogP contribution in [0.2, 0.25) is 0 Å². The van der Waals surface area contributed by atoms with Crippen molar-refractivity contribution in [2.75, 3.05) is 26.1 Å². The van der Waals surface area contributed by atoms with E-state index in [1.54, 1.807) is 48.5 Å². The van der Waals surface area contributed by atoms with E-state index in [1.165, 1.54) is 26.5 Å². The molecule has 11 heteroatoms. The van der Waals surface area contributed by atoms with Gasteiger partial charge in [0.15, 0.2) is 11.5 Å². The fourth-order valence-electron chi connectivity index (χ4n) is 2.89. The molecule has 3 aromatic rings. The fourth-order valence-corrected chi connectivity index (χ4v) is 2.89. The summed E-state index contributed by atoms with van der Waals surface area (Å²) in [7, 11) is 2.80. The van der Waals surface area contributed by atoms with Crippen LogP contribution in [0.5, 0.6) is 17.2 Å². The van der Waals surface area contributed by atoms with E-state index >= 15 is 0 Å². The van der Waals surface area contributed by atoms with Crippen molar-refractivity contribution in [1.82, 2.24) is 5.43 Å². The Bertz CT molecular complexity index is 1230. The van der Waals surface area contributed by atoms with E-state index in [1.807, 2.05) is 6.92 Å². The van der Waals surface area contributed by atoms with E-state index in [9.17, 15) is 14.4 Å². The summed E-state index contributed by atoms with van der Waals surface area (Å²) < 4.78 is 26.4. The Labute approximate surface area is 207 Å². The quantitative estimate of drug-likeness (QED) is 0.189. The number of amides is 2. The van der Waals surface area contributed by atoms with Gasteiger partial charge in [0.05, 0.1) is 27.0 Å². The van der Waals surface area contributed by atoms with Crippen LogP contribution < -0.4 is 25.0 Å². The van der Waals surface area contributed by atoms with Crippen LogP contribution >= 0.6 is 0 Å². The molecule has 3 rings (SSSR count). The maximum absolute atomic E-state index is 12.0. The maximum Gasteiger partial charge on any atom is 0.373 e. The minimum atomic E-state index is -0.933. The zero-order chi connectivity index (χ0) is 25.9. The number of anilines is 1. The van der Waals surface area contributed by atoms with E-state index in [4.69, 9.17) is 18.6 Å². The second-order valence-electron chi connectivity index (χ2n) is 7.07. The number of methoxy groups -OCH3 is 2. The van der Waals surface area contributed by atoms with Crippen molar-refractivity contribution in [3.05, 3.63) is 71.7 Å². The number of nitrogens with one attached hydrogen (secondary N) is 2. The number of furan rings is 1. The molecule has 0 atom stereocenters. The van der Waals surface area contributed by atoms with Crippen LogP contribution in [0.4, 0.5) is 5.69 Å². The molecule has 0 unspecified atom stereocenters. The molecule has 2 amide bonds. The first-order valence-corrected chi connectivity index (χ1v) is 10.8. The summed E-state index contributed by atoms with van der Waals surface area (Å²) in [6.45, 7) is 2.26. The summed E-state index contributed by atoms with van der Waals surface area (Å²) >= 11 is 0. The van der Waals surface area contributed by atoms with Gasteiger partial charge in [-0.25, -0.2) is 10.2 Å². The molecule has 0 bridgehead atoms. The molecule has 0 fully saturated rings. The number of carbonyl (C=O) groups excluding carboxylic acids is 3. The third-order valence-corrected chi connectivity index (χ3v) is 4.62. The zero-order valence-electron chi connectivity index (χ0n) is 19.9. The van der Waals surface area contributed by atoms with Crippen molar-refractivity contribution in [3.63, 3.8) is 0 Å². The van der Waals surface area contributed by atoms with Crippen molar-refractivity contribution in [2.24, 2.45) is 5.10 Å². The normalized spacial score (nSPS) is 10.5. The molecule has 0 saturated carbocycles. The Balaban J connectivity index is 1.57. The summed E-state index contributed by atoms with van der Waals surface area (Å²) in [5.41, 5.74) is 3.20. The smallest absolute Gasteiger partial charge is 0.373 e. The number of nitrogens with zero attached hydrogens (tertiary/aromatic N) is 1. The van der Waals surface area contributed by atoms with Crippen LogP contribution in [0.25, 0.3) is 0 Å². The van der Waals surface area contributed by atoms with Gasteiger partial charge >= 0.3 is 17.8 Å². The molecule has 1 heterocycles. The van der Waals surface area contributed by atoms with Crippen LogP contribution in [0.15, 0.2) is 64.1 Å². The maximum atomic E-state index is 12.0. The summed E-state index contributed by atoms with van der Waals surface area (Å²) in [4.78, 5) is 35.6. The Kier molecular flexibility index (Phi) is 9.04. The van der Waals surface area contributed by atoms with Crippen LogP contribution in [-0.4, -0.2) is 44.8 Å². The highest BCUT2D eigenvalue weighted by Crippen LogP contribution is 2.29. The minimum Gasteiger partial charge on any atom is -0.497 e. The average molecular weight is 495 g/mol. The highest BCUT2D eigenvalue weighted by atomic mass is 16.5. The highest BCUT2D eigenvalue weighted by Gasteiger charge is 2.14. The van der Waals surface area contributed by atoms with Gasteiger partial charge in [0.1, 0.15) is 18.1 Å². The number of hydrogen-bond acceptors (Lipinski definition) is 9. The van der Waals surface area contributed by atoms with Crippen molar-refractivity contribution in [3.8, 4) is 17.2 Å². The number of hydrogen-bond donors (Lipinski definition) is 2. The van der Waals surface area contributed by atoms with Gasteiger partial charge in [-0.1, -0.05) is 0 Å². The zero-order valence-corrected chi connectivity index (χ0v) is 19.9. The van der Waals surface area contributed by atoms with Crippen molar-refractivity contribution >= 4 is 29.7 Å². The summed E-state index contributed by atoms with van der Waals surface area (Å²) in [6.07, 6.45) is 1.36. The van der Waals surface area contributed by atoms with Crippen LogP contribution in [0.3, 0.4) is 0 Å². The molecule has 2 aromatic carbocycles. The summed E-state index contributed by atoms with van der Waals surface area (Å²) in [6, 6.07) is 14.6. The minimum absolute atomic E-state index is 0.0594. The van der Waals surface area contributed by atoms with Crippen molar-refractivity contribution < 1.29 is 37.7 Å². The standard InChI is InChI=1S/C25H25N3O8/c1-4-34-22-13-16(5-11-20(22)35-15-19-10-12-21(36-19)25(31)33-3)14-26-28-24(30)23(29)27-17-6-8-18(32-2)9-7-17/h5-14H,4,15H2,1-3H3,(H,27,29)(H,28,30)/b26-14+. The third kappa shape index (κ3) is 7.10. The molecule has 0 aliphatic rings. The predicted molar refractivity (Wildman–Crippen MR) is 129 cm³/mol. The number of esters is 1. The number of carbonyl (C=O) groups is 3. The lowest BCUT2D eigenvalue weighted by molar-refractivity contribution is -0.136. The average Bonchev–Trinajstić information content (AvgIpc) is 3.37. The Hall–Kier alpha value is -4.80. The number of hydrazone groups is 1. The van der Waals surface area contributed by atoms with Crippen LogP contribution in [0, 0.1) is 0 Å². The Morgan fingerprint density at radius 3 is 2.42 bits per heavy atom. The van der Waals surface area contributed by atoms with Crippen LogP contribution in [-0.2, 0) is 20.9 Å². The Morgan fingerprint density at radius 2 is 1.72 bits per heavy atom. The SMILES string of the molecule is CCOc1cc(/C=N/NC(=O)C(=O)Nc2ccc(OC)cc2)ccc1OCc1ccc(C(=O)OC)o1. The van der Waals surface area contributed by atoms with Gasteiger partial charge in [0.2, 0.25) is 5.76 Å². The van der Waals surface area contributed by atoms with E-state index in [0.717, 1.165) is 0 Å². The largest absolute Gasteiger partial charge is 0.497 e. The molecule has 0 saturated heterocycles. The second-order valence-corrected chi connectivity index (χ2v) is 7.07. The van der Waals surface area contributed by atoms with Gasteiger partial charge in [0.25, 0.3) is 0 Å². The topological polar surface area (TPSA) is 138 Å². The molecule has 36 heavy (non-hydrogen) atoms. The Morgan fingerprint density at radius 1 is 0.944 bits per heavy atom. The van der Waals surface area contributed by atoms with Crippen molar-refractivity contribution in [2.45, 2.75) is 13.5 Å². The summed E-state index contributed by atoms with van der Waals surface area (Å²) in [5.74, 6) is -0.380. The fraction of sp³-hybridized carbons (Fsp3) is 0.200. The van der Waals surface area contributed by atoms with Crippen molar-refractivity contribution in [1.29, 1.82) is 0 Å². The predicted octanol–water partition coefficient (Wildman–Crippen LogP) is 3.14. The molecule has 0 aliphatic heterocycles. The van der Waals surface area contributed by atoms with Gasteiger partial charge in [0, 0.05) is 5.69 Å². The summed E-state index contributed by atoms with van der Waals surface area (Å²) in [5, 5.41) is 6.29. The van der Waals surface area contributed by atoms with Gasteiger partial charge in [-0.15, -0.1) is 0 Å². The van der Waals surface area contributed by atoms with Gasteiger partial charge in [-0.2, -0.15) is 5.10 Å². The molecule has 0 aliphatic carbocycles. The lowest BCUT2D eigenvalue weighted by Gasteiger charge is -2.11. The first-order valence-electron chi connectivity index (χ1n) is 10.8. The molecule has 0 spiro atoms.